The van der Waals surface area contributed by atoms with Gasteiger partial charge in [0.1, 0.15) is 0 Å². The number of rotatable bonds is 3. The van der Waals surface area contributed by atoms with Crippen molar-refractivity contribution in [1.29, 1.82) is 0 Å². The molecule has 4 nitrogen and oxygen atoms in total. The lowest BCUT2D eigenvalue weighted by Gasteiger charge is -2.54. The van der Waals surface area contributed by atoms with Gasteiger partial charge in [-0.25, -0.2) is 9.59 Å². The summed E-state index contributed by atoms with van der Waals surface area (Å²) < 4.78 is 0. The first-order valence-corrected chi connectivity index (χ1v) is 10.7. The number of carbonyl (C=O) groups is 2. The highest BCUT2D eigenvalue weighted by Crippen LogP contribution is 2.59. The molecule has 4 aliphatic carbocycles. The molecule has 152 valence electrons. The van der Waals surface area contributed by atoms with Crippen LogP contribution in [0.2, 0.25) is 0 Å². The predicted octanol–water partition coefficient (Wildman–Crippen LogP) is 5.02. The summed E-state index contributed by atoms with van der Waals surface area (Å²) in [5.74, 6) is 7.89. The van der Waals surface area contributed by atoms with Crippen molar-refractivity contribution in [3.8, 4) is 11.8 Å². The predicted molar refractivity (Wildman–Crippen MR) is 113 cm³/mol. The van der Waals surface area contributed by atoms with E-state index in [1.165, 1.54) is 49.8 Å². The first-order valence-electron chi connectivity index (χ1n) is 10.7. The maximum Gasteiger partial charge on any atom is 0.336 e. The third-order valence-electron chi connectivity index (χ3n) is 7.36. The molecule has 0 spiro atoms. The van der Waals surface area contributed by atoms with Crippen LogP contribution < -0.4 is 0 Å². The zero-order valence-electron chi connectivity index (χ0n) is 16.7. The molecule has 2 aromatic rings. The van der Waals surface area contributed by atoms with Gasteiger partial charge in [-0.05, 0) is 97.6 Å². The Morgan fingerprint density at radius 3 is 1.97 bits per heavy atom. The molecule has 0 amide bonds. The zero-order chi connectivity index (χ0) is 20.8. The Kier molecular flexibility index (Phi) is 4.62. The molecule has 0 unspecified atom stereocenters. The second-order valence-corrected chi connectivity index (χ2v) is 9.20. The largest absolute Gasteiger partial charge is 0.478 e. The minimum atomic E-state index is -1.18. The van der Waals surface area contributed by atoms with Gasteiger partial charge in [-0.3, -0.25) is 0 Å². The Morgan fingerprint density at radius 2 is 1.40 bits per heavy atom. The molecular weight excluding hydrogens is 376 g/mol. The van der Waals surface area contributed by atoms with Gasteiger partial charge < -0.3 is 10.2 Å². The second-order valence-electron chi connectivity index (χ2n) is 9.20. The summed E-state index contributed by atoms with van der Waals surface area (Å²) in [6.45, 7) is 0. The van der Waals surface area contributed by atoms with Crippen LogP contribution in [0.3, 0.4) is 0 Å². The molecule has 4 aliphatic rings. The fourth-order valence-corrected chi connectivity index (χ4v) is 6.36. The Morgan fingerprint density at radius 1 is 0.767 bits per heavy atom. The zero-order valence-corrected chi connectivity index (χ0v) is 16.7. The third kappa shape index (κ3) is 3.39. The van der Waals surface area contributed by atoms with Crippen LogP contribution in [-0.4, -0.2) is 22.2 Å². The fraction of sp³-hybridized carbons (Fsp3) is 0.385. The standard InChI is InChI=1S/C26H24O4/c27-25(28)20-8-7-18(23(14-20)26(29)30)4-1-15-2-5-19(6-3-15)24-21-10-16-9-17(12-21)13-22(24)11-16/h2-3,5-8,14,16-17,21-22,24H,9-13H2,(H,27,28)(H,29,30). The molecule has 0 aliphatic heterocycles. The van der Waals surface area contributed by atoms with Gasteiger partial charge in [0.2, 0.25) is 0 Å². The maximum atomic E-state index is 11.5. The van der Waals surface area contributed by atoms with Crippen molar-refractivity contribution < 1.29 is 19.8 Å². The quantitative estimate of drug-likeness (QED) is 0.709. The Labute approximate surface area is 175 Å². The number of benzene rings is 2. The maximum absolute atomic E-state index is 11.5. The molecule has 0 aromatic heterocycles. The highest BCUT2D eigenvalue weighted by atomic mass is 16.4. The third-order valence-corrected chi connectivity index (χ3v) is 7.36. The summed E-state index contributed by atoms with van der Waals surface area (Å²) in [6.07, 6.45) is 7.03. The number of carboxylic acid groups (broad SMARTS) is 2. The number of carboxylic acids is 2. The van der Waals surface area contributed by atoms with Crippen LogP contribution in [0.15, 0.2) is 42.5 Å². The molecule has 0 radical (unpaired) electrons. The molecule has 0 atom stereocenters. The molecular formula is C26H24O4. The van der Waals surface area contributed by atoms with Crippen molar-refractivity contribution in [2.75, 3.05) is 0 Å². The lowest BCUT2D eigenvalue weighted by molar-refractivity contribution is -0.00278. The molecule has 2 aromatic carbocycles. The van der Waals surface area contributed by atoms with E-state index < -0.39 is 11.9 Å². The average molecular weight is 400 g/mol. The van der Waals surface area contributed by atoms with E-state index in [9.17, 15) is 14.7 Å². The van der Waals surface area contributed by atoms with Gasteiger partial charge in [0, 0.05) is 11.1 Å². The molecule has 0 heterocycles. The van der Waals surface area contributed by atoms with E-state index in [2.05, 4.69) is 24.0 Å². The fourth-order valence-electron chi connectivity index (χ4n) is 6.36. The Hall–Kier alpha value is -3.06. The molecule has 2 N–H and O–H groups in total. The van der Waals surface area contributed by atoms with E-state index in [0.29, 0.717) is 11.5 Å². The van der Waals surface area contributed by atoms with Gasteiger partial charge in [-0.1, -0.05) is 24.0 Å². The van der Waals surface area contributed by atoms with E-state index in [0.717, 1.165) is 35.3 Å². The second kappa shape index (κ2) is 7.32. The summed E-state index contributed by atoms with van der Waals surface area (Å²) >= 11 is 0. The van der Waals surface area contributed by atoms with Crippen LogP contribution in [0.1, 0.15) is 75.4 Å². The Bertz CT molecular complexity index is 1040. The normalized spacial score (nSPS) is 28.6. The highest BCUT2D eigenvalue weighted by Gasteiger charge is 2.48. The van der Waals surface area contributed by atoms with Crippen LogP contribution in [0, 0.1) is 35.5 Å². The minimum absolute atomic E-state index is 0.0574. The van der Waals surface area contributed by atoms with Crippen LogP contribution in [0.5, 0.6) is 0 Å². The van der Waals surface area contributed by atoms with Crippen molar-refractivity contribution in [1.82, 2.24) is 0 Å². The van der Waals surface area contributed by atoms with Gasteiger partial charge in [0.05, 0.1) is 11.1 Å². The summed E-state index contributed by atoms with van der Waals surface area (Å²) in [5.41, 5.74) is 2.43. The molecule has 4 heteroatoms. The van der Waals surface area contributed by atoms with Gasteiger partial charge in [-0.2, -0.15) is 0 Å². The molecule has 4 bridgehead atoms. The topological polar surface area (TPSA) is 74.6 Å². The monoisotopic (exact) mass is 400 g/mol. The van der Waals surface area contributed by atoms with Gasteiger partial charge in [-0.15, -0.1) is 0 Å². The first kappa shape index (κ1) is 18.9. The van der Waals surface area contributed by atoms with Gasteiger partial charge in [0.25, 0.3) is 0 Å². The molecule has 6 rings (SSSR count). The molecule has 4 fully saturated rings. The van der Waals surface area contributed by atoms with Crippen LogP contribution in [0.25, 0.3) is 0 Å². The Balaban J connectivity index is 1.37. The van der Waals surface area contributed by atoms with E-state index in [-0.39, 0.29) is 11.1 Å². The molecule has 4 saturated carbocycles. The van der Waals surface area contributed by atoms with Crippen molar-refractivity contribution in [2.45, 2.75) is 38.0 Å². The van der Waals surface area contributed by atoms with Crippen molar-refractivity contribution in [3.05, 3.63) is 70.3 Å². The van der Waals surface area contributed by atoms with Crippen LogP contribution in [-0.2, 0) is 0 Å². The first-order chi connectivity index (χ1) is 14.5. The van der Waals surface area contributed by atoms with Crippen LogP contribution >= 0.6 is 0 Å². The summed E-state index contributed by atoms with van der Waals surface area (Å²) in [7, 11) is 0. The minimum Gasteiger partial charge on any atom is -0.478 e. The van der Waals surface area contributed by atoms with Crippen molar-refractivity contribution >= 4 is 11.9 Å². The van der Waals surface area contributed by atoms with Crippen LogP contribution in [0.4, 0.5) is 0 Å². The highest BCUT2D eigenvalue weighted by molar-refractivity contribution is 5.95. The molecule has 30 heavy (non-hydrogen) atoms. The summed E-state index contributed by atoms with van der Waals surface area (Å²) in [4.78, 5) is 22.6. The smallest absolute Gasteiger partial charge is 0.336 e. The number of hydrogen-bond acceptors (Lipinski definition) is 2. The van der Waals surface area contributed by atoms with Gasteiger partial charge >= 0.3 is 11.9 Å². The lowest BCUT2D eigenvalue weighted by atomic mass is 9.51. The van der Waals surface area contributed by atoms with Gasteiger partial charge in [0.15, 0.2) is 0 Å². The number of aromatic carboxylic acids is 2. The van der Waals surface area contributed by atoms with E-state index in [1.54, 1.807) is 0 Å². The summed E-state index contributed by atoms with van der Waals surface area (Å²) in [5, 5.41) is 18.5. The summed E-state index contributed by atoms with van der Waals surface area (Å²) in [6, 6.07) is 12.4. The van der Waals surface area contributed by atoms with E-state index in [1.807, 2.05) is 12.1 Å². The van der Waals surface area contributed by atoms with Crippen molar-refractivity contribution in [3.63, 3.8) is 0 Å². The molecule has 0 saturated heterocycles. The number of hydrogen-bond donors (Lipinski definition) is 2. The lowest BCUT2D eigenvalue weighted by Crippen LogP contribution is -2.43. The van der Waals surface area contributed by atoms with Crippen molar-refractivity contribution in [2.24, 2.45) is 23.7 Å². The average Bonchev–Trinajstić information content (AvgIpc) is 2.72. The van der Waals surface area contributed by atoms with E-state index in [4.69, 9.17) is 5.11 Å². The SMILES string of the molecule is O=C(O)c1ccc(C#Cc2ccc(C3C4CC5CC(C4)CC3C5)cc2)c(C(=O)O)c1. The van der Waals surface area contributed by atoms with E-state index >= 15 is 0 Å².